The average Bonchev–Trinajstić information content (AvgIpc) is 2.46. The van der Waals surface area contributed by atoms with Crippen LogP contribution in [0.15, 0.2) is 48.5 Å². The predicted octanol–water partition coefficient (Wildman–Crippen LogP) is 5.28. The van der Waals surface area contributed by atoms with Crippen LogP contribution in [0.2, 0.25) is 5.02 Å². The minimum atomic E-state index is -0.206. The molecule has 0 amide bonds. The molecule has 0 fully saturated rings. The van der Waals surface area contributed by atoms with E-state index in [4.69, 9.17) is 11.6 Å². The highest BCUT2D eigenvalue weighted by atomic mass is 35.5. The first-order valence-corrected chi connectivity index (χ1v) is 7.25. The van der Waals surface area contributed by atoms with Crippen LogP contribution in [0.1, 0.15) is 43.5 Å². The first-order chi connectivity index (χ1) is 9.61. The molecule has 0 aliphatic carbocycles. The van der Waals surface area contributed by atoms with Gasteiger partial charge in [0.25, 0.3) is 0 Å². The van der Waals surface area contributed by atoms with E-state index in [1.807, 2.05) is 36.4 Å². The van der Waals surface area contributed by atoms with Crippen molar-refractivity contribution in [3.8, 4) is 0 Å². The van der Waals surface area contributed by atoms with Crippen LogP contribution in [0.4, 0.5) is 4.39 Å². The van der Waals surface area contributed by atoms with Gasteiger partial charge in [-0.2, -0.15) is 0 Å². The second-order valence-corrected chi connectivity index (χ2v) is 5.33. The molecule has 20 heavy (non-hydrogen) atoms. The molecule has 0 aliphatic rings. The van der Waals surface area contributed by atoms with Gasteiger partial charge in [-0.3, -0.25) is 0 Å². The fraction of sp³-hybridized carbons (Fsp3) is 0.294. The molecular weight excluding hydrogens is 273 g/mol. The van der Waals surface area contributed by atoms with E-state index in [2.05, 4.69) is 19.2 Å². The normalized spacial score (nSPS) is 14.0. The largest absolute Gasteiger partial charge is 0.303 e. The van der Waals surface area contributed by atoms with Gasteiger partial charge in [0.1, 0.15) is 5.82 Å². The standard InChI is InChI=1S/C17H19ClFN/c1-3-17(13-8-10-14(19)11-9-13)20-12(2)15-6-4-5-7-16(15)18/h4-12,17,20H,3H2,1-2H3. The Hall–Kier alpha value is -1.38. The molecule has 3 heteroatoms. The molecule has 0 bridgehead atoms. The van der Waals surface area contributed by atoms with Crippen LogP contribution in [-0.2, 0) is 0 Å². The van der Waals surface area contributed by atoms with Crippen molar-refractivity contribution in [2.45, 2.75) is 32.4 Å². The van der Waals surface area contributed by atoms with Crippen LogP contribution in [0.3, 0.4) is 0 Å². The number of halogens is 2. The zero-order chi connectivity index (χ0) is 14.5. The Morgan fingerprint density at radius 2 is 1.75 bits per heavy atom. The van der Waals surface area contributed by atoms with E-state index in [1.54, 1.807) is 0 Å². The zero-order valence-corrected chi connectivity index (χ0v) is 12.5. The molecule has 0 saturated carbocycles. The maximum atomic E-state index is 13.0. The summed E-state index contributed by atoms with van der Waals surface area (Å²) in [4.78, 5) is 0. The van der Waals surface area contributed by atoms with Crippen LogP contribution < -0.4 is 5.32 Å². The van der Waals surface area contributed by atoms with Gasteiger partial charge in [0, 0.05) is 17.1 Å². The van der Waals surface area contributed by atoms with Crippen LogP contribution in [0.25, 0.3) is 0 Å². The number of hydrogen-bond donors (Lipinski definition) is 1. The van der Waals surface area contributed by atoms with Crippen LogP contribution in [-0.4, -0.2) is 0 Å². The van der Waals surface area contributed by atoms with Crippen molar-refractivity contribution in [2.24, 2.45) is 0 Å². The monoisotopic (exact) mass is 291 g/mol. The first-order valence-electron chi connectivity index (χ1n) is 6.87. The molecule has 0 heterocycles. The molecule has 1 N–H and O–H groups in total. The van der Waals surface area contributed by atoms with E-state index in [9.17, 15) is 4.39 Å². The minimum absolute atomic E-state index is 0.138. The molecule has 0 aliphatic heterocycles. The second kappa shape index (κ2) is 6.87. The van der Waals surface area contributed by atoms with Crippen LogP contribution in [0.5, 0.6) is 0 Å². The Balaban J connectivity index is 2.14. The summed E-state index contributed by atoms with van der Waals surface area (Å²) < 4.78 is 13.0. The highest BCUT2D eigenvalue weighted by Gasteiger charge is 2.15. The van der Waals surface area contributed by atoms with Gasteiger partial charge in [0.2, 0.25) is 0 Å². The lowest BCUT2D eigenvalue weighted by Gasteiger charge is -2.23. The Kier molecular flexibility index (Phi) is 5.16. The summed E-state index contributed by atoms with van der Waals surface area (Å²) >= 11 is 6.22. The Bertz CT molecular complexity index is 553. The molecule has 1 nitrogen and oxygen atoms in total. The molecule has 2 unspecified atom stereocenters. The number of nitrogens with one attached hydrogen (secondary N) is 1. The van der Waals surface area contributed by atoms with Crippen molar-refractivity contribution in [1.29, 1.82) is 0 Å². The molecule has 2 aromatic rings. The summed E-state index contributed by atoms with van der Waals surface area (Å²) in [5.41, 5.74) is 2.17. The van der Waals surface area contributed by atoms with E-state index in [1.165, 1.54) is 12.1 Å². The molecule has 0 saturated heterocycles. The predicted molar refractivity (Wildman–Crippen MR) is 82.4 cm³/mol. The second-order valence-electron chi connectivity index (χ2n) is 4.92. The summed E-state index contributed by atoms with van der Waals surface area (Å²) in [6.07, 6.45) is 0.931. The summed E-state index contributed by atoms with van der Waals surface area (Å²) in [6, 6.07) is 14.8. The fourth-order valence-electron chi connectivity index (χ4n) is 2.36. The van der Waals surface area contributed by atoms with Crippen molar-refractivity contribution in [1.82, 2.24) is 5.32 Å². The lowest BCUT2D eigenvalue weighted by atomic mass is 10.0. The maximum absolute atomic E-state index is 13.0. The van der Waals surface area contributed by atoms with Gasteiger partial charge in [-0.05, 0) is 42.7 Å². The zero-order valence-electron chi connectivity index (χ0n) is 11.7. The minimum Gasteiger partial charge on any atom is -0.303 e. The number of benzene rings is 2. The topological polar surface area (TPSA) is 12.0 Å². The molecule has 0 spiro atoms. The number of rotatable bonds is 5. The van der Waals surface area contributed by atoms with Crippen molar-refractivity contribution >= 4 is 11.6 Å². The van der Waals surface area contributed by atoms with E-state index in [0.717, 1.165) is 22.6 Å². The molecular formula is C17H19ClFN. The quantitative estimate of drug-likeness (QED) is 0.790. The summed E-state index contributed by atoms with van der Waals surface area (Å²) in [7, 11) is 0. The fourth-order valence-corrected chi connectivity index (χ4v) is 2.66. The SMILES string of the molecule is CCC(NC(C)c1ccccc1Cl)c1ccc(F)cc1. The molecule has 2 rings (SSSR count). The van der Waals surface area contributed by atoms with Gasteiger partial charge >= 0.3 is 0 Å². The smallest absolute Gasteiger partial charge is 0.123 e. The summed E-state index contributed by atoms with van der Waals surface area (Å²) in [5.74, 6) is -0.206. The highest BCUT2D eigenvalue weighted by Crippen LogP contribution is 2.26. The lowest BCUT2D eigenvalue weighted by molar-refractivity contribution is 0.456. The Labute approximate surface area is 124 Å². The first kappa shape index (κ1) is 15.0. The van der Waals surface area contributed by atoms with E-state index in [-0.39, 0.29) is 17.9 Å². The van der Waals surface area contributed by atoms with Gasteiger partial charge in [-0.25, -0.2) is 4.39 Å². The molecule has 0 radical (unpaired) electrons. The molecule has 2 atom stereocenters. The Morgan fingerprint density at radius 1 is 1.10 bits per heavy atom. The van der Waals surface area contributed by atoms with E-state index < -0.39 is 0 Å². The molecule has 2 aromatic carbocycles. The van der Waals surface area contributed by atoms with E-state index >= 15 is 0 Å². The maximum Gasteiger partial charge on any atom is 0.123 e. The van der Waals surface area contributed by atoms with Crippen molar-refractivity contribution in [3.05, 3.63) is 70.5 Å². The van der Waals surface area contributed by atoms with Crippen molar-refractivity contribution in [2.75, 3.05) is 0 Å². The summed E-state index contributed by atoms with van der Waals surface area (Å²) in [5, 5.41) is 4.32. The summed E-state index contributed by atoms with van der Waals surface area (Å²) in [6.45, 7) is 4.20. The van der Waals surface area contributed by atoms with Crippen molar-refractivity contribution in [3.63, 3.8) is 0 Å². The van der Waals surface area contributed by atoms with Gasteiger partial charge < -0.3 is 5.32 Å². The van der Waals surface area contributed by atoms with Gasteiger partial charge in [0.15, 0.2) is 0 Å². The molecule has 0 aromatic heterocycles. The van der Waals surface area contributed by atoms with Gasteiger partial charge in [-0.15, -0.1) is 0 Å². The highest BCUT2D eigenvalue weighted by molar-refractivity contribution is 6.31. The number of hydrogen-bond acceptors (Lipinski definition) is 1. The van der Waals surface area contributed by atoms with Crippen molar-refractivity contribution < 1.29 is 4.39 Å². The van der Waals surface area contributed by atoms with Gasteiger partial charge in [-0.1, -0.05) is 48.9 Å². The Morgan fingerprint density at radius 3 is 2.35 bits per heavy atom. The third-order valence-corrected chi connectivity index (χ3v) is 3.85. The lowest BCUT2D eigenvalue weighted by Crippen LogP contribution is -2.24. The van der Waals surface area contributed by atoms with E-state index in [0.29, 0.717) is 0 Å². The molecule has 106 valence electrons. The third-order valence-electron chi connectivity index (χ3n) is 3.50. The average molecular weight is 292 g/mol. The van der Waals surface area contributed by atoms with Crippen LogP contribution >= 0.6 is 11.6 Å². The van der Waals surface area contributed by atoms with Crippen LogP contribution in [0, 0.1) is 5.82 Å². The third kappa shape index (κ3) is 3.59. The van der Waals surface area contributed by atoms with Gasteiger partial charge in [0.05, 0.1) is 0 Å².